The average Bonchev–Trinajstić information content (AvgIpc) is 3.10. The molecule has 0 fully saturated rings. The van der Waals surface area contributed by atoms with Crippen LogP contribution in [-0.4, -0.2) is 108 Å². The normalized spacial score (nSPS) is 23.3. The molecule has 0 saturated carbocycles. The van der Waals surface area contributed by atoms with Gasteiger partial charge in [-0.1, -0.05) is 0 Å². The molecular weight excluding hydrogens is 541 g/mol. The number of ether oxygens (including phenoxy) is 2. The molecule has 5 atom stereocenters. The van der Waals surface area contributed by atoms with Crippen LogP contribution in [0.1, 0.15) is 0 Å². The Morgan fingerprint density at radius 3 is 1.44 bits per heavy atom. The van der Waals surface area contributed by atoms with Gasteiger partial charge in [0.25, 0.3) is 11.5 Å². The van der Waals surface area contributed by atoms with E-state index in [9.17, 15) is 43.6 Å². The van der Waals surface area contributed by atoms with E-state index < -0.39 is 88.3 Å². The molecule has 34 heavy (non-hydrogen) atoms. The summed E-state index contributed by atoms with van der Waals surface area (Å²) in [6.45, 7) is -1.68. The molecule has 18 nitrogen and oxygen atoms in total. The Kier molecular flexibility index (Phi) is 15.0. The van der Waals surface area contributed by atoms with Crippen LogP contribution in [0.5, 0.6) is 0 Å². The minimum atomic E-state index is -5.52. The van der Waals surface area contributed by atoms with E-state index in [1.54, 1.807) is 0 Å². The number of hydrogen-bond donors (Lipinski definition) is 7. The summed E-state index contributed by atoms with van der Waals surface area (Å²) in [6, 6.07) is 0. The minimum absolute atomic E-state index is 0. The molecule has 0 radical (unpaired) electrons. The summed E-state index contributed by atoms with van der Waals surface area (Å²) < 4.78 is 36.6. The van der Waals surface area contributed by atoms with Crippen molar-refractivity contribution in [1.82, 2.24) is 0 Å². The Bertz CT molecular complexity index is 821. The van der Waals surface area contributed by atoms with Crippen LogP contribution in [0.3, 0.4) is 0 Å². The summed E-state index contributed by atoms with van der Waals surface area (Å²) in [5, 5.41) is 53.7. The maximum absolute atomic E-state index is 11.0. The van der Waals surface area contributed by atoms with Crippen molar-refractivity contribution in [2.75, 3.05) is 13.2 Å². The van der Waals surface area contributed by atoms with Crippen LogP contribution in [0.15, 0.2) is 23.0 Å². The van der Waals surface area contributed by atoms with Crippen molar-refractivity contribution in [1.29, 1.82) is 0 Å². The van der Waals surface area contributed by atoms with Gasteiger partial charge in [-0.05, 0) is 0 Å². The first-order valence-corrected chi connectivity index (χ1v) is 10.8. The SMILES string of the molecule is O=C1O[C@H]([C@@H](O)CO)C(O)=C1OP(=O)([O-])O.O=C1O[C@H]([C@@H](O)CO)C(O)=C1OP(=O)([O-])[O-].[Mg+2].[Na+]. The smallest absolute Gasteiger partial charge is 0.780 e. The third kappa shape index (κ3) is 10.3. The largest absolute Gasteiger partial charge is 2.00 e. The van der Waals surface area contributed by atoms with E-state index in [0.29, 0.717) is 0 Å². The van der Waals surface area contributed by atoms with Gasteiger partial charge in [-0.2, -0.15) is 0 Å². The third-order valence-corrected chi connectivity index (χ3v) is 4.15. The van der Waals surface area contributed by atoms with Crippen molar-refractivity contribution >= 4 is 50.6 Å². The van der Waals surface area contributed by atoms with Gasteiger partial charge in [0.2, 0.25) is 0 Å². The van der Waals surface area contributed by atoms with Crippen molar-refractivity contribution in [3.8, 4) is 0 Å². The van der Waals surface area contributed by atoms with Crippen molar-refractivity contribution < 1.29 is 117 Å². The number of phosphoric acid groups is 2. The van der Waals surface area contributed by atoms with Crippen LogP contribution in [-0.2, 0) is 37.2 Å². The van der Waals surface area contributed by atoms with Crippen LogP contribution in [0.25, 0.3) is 0 Å². The number of aliphatic hydroxyl groups is 6. The zero-order valence-corrected chi connectivity index (χ0v) is 22.1. The molecule has 184 valence electrons. The number of esters is 2. The molecule has 7 N–H and O–H groups in total. The van der Waals surface area contributed by atoms with Crippen molar-refractivity contribution in [3.05, 3.63) is 23.0 Å². The second kappa shape index (κ2) is 14.3. The van der Waals surface area contributed by atoms with E-state index in [2.05, 4.69) is 18.5 Å². The second-order valence-electron chi connectivity index (χ2n) is 5.68. The van der Waals surface area contributed by atoms with Gasteiger partial charge in [0.1, 0.15) is 20.0 Å². The first-order valence-electron chi connectivity index (χ1n) is 7.83. The molecule has 2 rings (SSSR count). The summed E-state index contributed by atoms with van der Waals surface area (Å²) >= 11 is 0. The Balaban J connectivity index is 0. The van der Waals surface area contributed by atoms with E-state index in [4.69, 9.17) is 25.3 Å². The monoisotopic (exact) mass is 556 g/mol. The minimum Gasteiger partial charge on any atom is -0.780 e. The molecule has 22 heteroatoms. The molecule has 0 aromatic rings. The van der Waals surface area contributed by atoms with Crippen molar-refractivity contribution in [2.24, 2.45) is 0 Å². The van der Waals surface area contributed by atoms with Gasteiger partial charge < -0.3 is 73.3 Å². The van der Waals surface area contributed by atoms with Crippen LogP contribution in [0.2, 0.25) is 0 Å². The van der Waals surface area contributed by atoms with E-state index >= 15 is 0 Å². The summed E-state index contributed by atoms with van der Waals surface area (Å²) in [5.41, 5.74) is 0. The first-order chi connectivity index (χ1) is 14.5. The second-order valence-corrected chi connectivity index (χ2v) is 7.88. The summed E-state index contributed by atoms with van der Waals surface area (Å²) in [6.07, 6.45) is -6.56. The topological polar surface area (TPSA) is 316 Å². The summed E-state index contributed by atoms with van der Waals surface area (Å²) in [5.74, 6) is -7.21. The molecule has 2 aliphatic rings. The predicted molar refractivity (Wildman–Crippen MR) is 90.6 cm³/mol. The number of rotatable bonds is 8. The predicted octanol–water partition coefficient (Wildman–Crippen LogP) is -8.99. The fourth-order valence-electron chi connectivity index (χ4n) is 2.03. The molecule has 2 heterocycles. The number of carbonyl (C=O) groups is 2. The van der Waals surface area contributed by atoms with Crippen LogP contribution >= 0.6 is 15.6 Å². The molecule has 0 aliphatic carbocycles. The molecule has 0 saturated heterocycles. The zero-order chi connectivity index (χ0) is 25.0. The molecule has 0 bridgehead atoms. The Morgan fingerprint density at radius 2 is 1.18 bits per heavy atom. The quantitative estimate of drug-likeness (QED) is 0.0828. The molecule has 0 aromatic carbocycles. The van der Waals surface area contributed by atoms with Crippen LogP contribution < -0.4 is 44.2 Å². The van der Waals surface area contributed by atoms with Gasteiger partial charge in [0.05, 0.1) is 13.2 Å². The van der Waals surface area contributed by atoms with Gasteiger partial charge in [0.15, 0.2) is 23.7 Å². The fourth-order valence-corrected chi connectivity index (χ4v) is 2.82. The zero-order valence-electron chi connectivity index (χ0n) is 16.9. The fraction of sp³-hybridized carbons (Fsp3) is 0.500. The van der Waals surface area contributed by atoms with E-state index in [-0.39, 0.29) is 52.6 Å². The van der Waals surface area contributed by atoms with Crippen molar-refractivity contribution in [3.63, 3.8) is 0 Å². The number of aliphatic hydroxyl groups excluding tert-OH is 6. The third-order valence-electron chi connectivity index (χ3n) is 3.33. The number of hydrogen-bond acceptors (Lipinski definition) is 17. The molecule has 2 aliphatic heterocycles. The molecule has 0 spiro atoms. The molecular formula is C12H15MgNaO18P2. The maximum Gasteiger partial charge on any atom is 2.00 e. The summed E-state index contributed by atoms with van der Waals surface area (Å²) in [7, 11) is -10.8. The van der Waals surface area contributed by atoms with Crippen LogP contribution in [0, 0.1) is 0 Å². The van der Waals surface area contributed by atoms with Gasteiger partial charge in [-0.25, -0.2) is 9.59 Å². The van der Waals surface area contributed by atoms with Gasteiger partial charge in [0, 0.05) is 0 Å². The van der Waals surface area contributed by atoms with E-state index in [1.807, 2.05) is 0 Å². The molecule has 1 unspecified atom stereocenters. The van der Waals surface area contributed by atoms with E-state index in [0.717, 1.165) is 0 Å². The van der Waals surface area contributed by atoms with Gasteiger partial charge in [-0.15, -0.1) is 0 Å². The number of carbonyl (C=O) groups excluding carboxylic acids is 2. The number of phosphoric ester groups is 2. The Hall–Kier alpha value is -0.474. The summed E-state index contributed by atoms with van der Waals surface area (Å²) in [4.78, 5) is 60.9. The van der Waals surface area contributed by atoms with Crippen LogP contribution in [0.4, 0.5) is 0 Å². The molecule has 0 amide bonds. The Morgan fingerprint density at radius 1 is 0.853 bits per heavy atom. The number of cyclic esters (lactones) is 2. The first kappa shape index (κ1) is 35.7. The van der Waals surface area contributed by atoms with Gasteiger partial charge in [-0.3, -0.25) is 4.57 Å². The van der Waals surface area contributed by atoms with Gasteiger partial charge >= 0.3 is 72.4 Å². The standard InChI is InChI=1S/2C6H9O9P.Mg.Na/c2*7-1-2(8)4-3(9)5(6(10)14-4)15-16(11,12)13;;/h2*2,4,7-9H,1H2,(H2,11,12,13);;/q;;+2;+1/p-3/t2*2-,4+;;/m00../s1. The molecule has 0 aromatic heterocycles. The Labute approximate surface area is 227 Å². The van der Waals surface area contributed by atoms with E-state index in [1.165, 1.54) is 0 Å². The average molecular weight is 556 g/mol. The maximum atomic E-state index is 11.0. The van der Waals surface area contributed by atoms with Crippen molar-refractivity contribution in [2.45, 2.75) is 24.4 Å².